The maximum absolute atomic E-state index is 11.9. The fourth-order valence-corrected chi connectivity index (χ4v) is 0.985. The Morgan fingerprint density at radius 1 is 1.20 bits per heavy atom. The third-order valence-corrected chi connectivity index (χ3v) is 1.63. The van der Waals surface area contributed by atoms with Crippen molar-refractivity contribution in [2.24, 2.45) is 0 Å². The number of phenolic OH excluding ortho intramolecular Hbond substituents is 1. The SMILES string of the molecule is O=Cc1cc(OC(F)F)c(C=O)cc1O. The molecule has 0 amide bonds. The summed E-state index contributed by atoms with van der Waals surface area (Å²) in [6, 6.07) is 1.76. The summed E-state index contributed by atoms with van der Waals surface area (Å²) in [5.41, 5.74) is -0.477. The highest BCUT2D eigenvalue weighted by atomic mass is 19.3. The van der Waals surface area contributed by atoms with Crippen LogP contribution in [0.1, 0.15) is 20.7 Å². The maximum Gasteiger partial charge on any atom is 0.387 e. The van der Waals surface area contributed by atoms with Gasteiger partial charge in [-0.25, -0.2) is 0 Å². The molecule has 0 saturated carbocycles. The number of benzene rings is 1. The van der Waals surface area contributed by atoms with E-state index in [2.05, 4.69) is 4.74 Å². The Morgan fingerprint density at radius 2 is 1.80 bits per heavy atom. The van der Waals surface area contributed by atoms with Gasteiger partial charge in [0, 0.05) is 0 Å². The summed E-state index contributed by atoms with van der Waals surface area (Å²) in [6.45, 7) is -3.10. The molecule has 0 unspecified atom stereocenters. The number of aldehydes is 2. The Kier molecular flexibility index (Phi) is 3.33. The van der Waals surface area contributed by atoms with Crippen LogP contribution < -0.4 is 4.74 Å². The van der Waals surface area contributed by atoms with Gasteiger partial charge in [-0.1, -0.05) is 0 Å². The monoisotopic (exact) mass is 216 g/mol. The first-order valence-electron chi connectivity index (χ1n) is 3.80. The zero-order valence-electron chi connectivity index (χ0n) is 7.31. The number of halogens is 2. The second-order valence-corrected chi connectivity index (χ2v) is 2.56. The Morgan fingerprint density at radius 3 is 2.27 bits per heavy atom. The van der Waals surface area contributed by atoms with Crippen molar-refractivity contribution in [3.8, 4) is 11.5 Å². The van der Waals surface area contributed by atoms with Crippen molar-refractivity contribution in [3.05, 3.63) is 23.3 Å². The Labute approximate surface area is 83.1 Å². The number of hydrogen-bond acceptors (Lipinski definition) is 4. The van der Waals surface area contributed by atoms with Crippen LogP contribution in [0.3, 0.4) is 0 Å². The largest absolute Gasteiger partial charge is 0.507 e. The lowest BCUT2D eigenvalue weighted by Crippen LogP contribution is -2.05. The van der Waals surface area contributed by atoms with Gasteiger partial charge in [0.1, 0.15) is 11.5 Å². The van der Waals surface area contributed by atoms with Crippen LogP contribution in [0.25, 0.3) is 0 Å². The van der Waals surface area contributed by atoms with Crippen LogP contribution in [0.15, 0.2) is 12.1 Å². The van der Waals surface area contributed by atoms with Crippen LogP contribution in [0.2, 0.25) is 0 Å². The minimum atomic E-state index is -3.10. The first kappa shape index (κ1) is 11.1. The number of ether oxygens (including phenoxy) is 1. The third-order valence-electron chi connectivity index (χ3n) is 1.63. The van der Waals surface area contributed by atoms with Gasteiger partial charge in [-0.15, -0.1) is 0 Å². The summed E-state index contributed by atoms with van der Waals surface area (Å²) in [4.78, 5) is 20.8. The van der Waals surface area contributed by atoms with Gasteiger partial charge in [0.25, 0.3) is 0 Å². The molecule has 15 heavy (non-hydrogen) atoms. The molecule has 0 saturated heterocycles. The number of carbonyl (C=O) groups is 2. The second kappa shape index (κ2) is 4.50. The molecule has 0 fully saturated rings. The average Bonchev–Trinajstić information content (AvgIpc) is 2.19. The van der Waals surface area contributed by atoms with Crippen molar-refractivity contribution in [1.82, 2.24) is 0 Å². The number of rotatable bonds is 4. The quantitative estimate of drug-likeness (QED) is 0.776. The van der Waals surface area contributed by atoms with Gasteiger partial charge in [-0.05, 0) is 12.1 Å². The fraction of sp³-hybridized carbons (Fsp3) is 0.111. The molecule has 80 valence electrons. The van der Waals surface area contributed by atoms with Crippen molar-refractivity contribution in [2.75, 3.05) is 0 Å². The number of aromatic hydroxyl groups is 1. The van der Waals surface area contributed by atoms with Gasteiger partial charge >= 0.3 is 6.61 Å². The number of alkyl halides is 2. The van der Waals surface area contributed by atoms with Gasteiger partial charge in [-0.2, -0.15) is 8.78 Å². The zero-order valence-corrected chi connectivity index (χ0v) is 7.31. The third kappa shape index (κ3) is 2.49. The van der Waals surface area contributed by atoms with Gasteiger partial charge in [0.15, 0.2) is 12.6 Å². The Bertz CT molecular complexity index is 390. The topological polar surface area (TPSA) is 63.6 Å². The Balaban J connectivity index is 3.22. The molecule has 1 aromatic carbocycles. The van der Waals surface area contributed by atoms with Gasteiger partial charge in [-0.3, -0.25) is 9.59 Å². The highest BCUT2D eigenvalue weighted by molar-refractivity contribution is 5.86. The van der Waals surface area contributed by atoms with Crippen molar-refractivity contribution in [2.45, 2.75) is 6.61 Å². The van der Waals surface area contributed by atoms with E-state index in [1.165, 1.54) is 0 Å². The first-order chi connectivity index (χ1) is 7.08. The zero-order chi connectivity index (χ0) is 11.4. The molecule has 0 radical (unpaired) electrons. The van der Waals surface area contributed by atoms with E-state index >= 15 is 0 Å². The van der Waals surface area contributed by atoms with Crippen LogP contribution in [0, 0.1) is 0 Å². The summed E-state index contributed by atoms with van der Waals surface area (Å²) < 4.78 is 27.8. The molecule has 1 rings (SSSR count). The molecule has 0 spiro atoms. The molecule has 0 heterocycles. The summed E-state index contributed by atoms with van der Waals surface area (Å²) in [7, 11) is 0. The molecule has 1 aromatic rings. The fourth-order valence-electron chi connectivity index (χ4n) is 0.985. The lowest BCUT2D eigenvalue weighted by Gasteiger charge is -2.08. The van der Waals surface area contributed by atoms with E-state index in [9.17, 15) is 18.4 Å². The molecule has 1 N–H and O–H groups in total. The second-order valence-electron chi connectivity index (χ2n) is 2.56. The van der Waals surface area contributed by atoms with Crippen LogP contribution >= 0.6 is 0 Å². The van der Waals surface area contributed by atoms with E-state index in [1.807, 2.05) is 0 Å². The maximum atomic E-state index is 11.9. The number of hydrogen-bond donors (Lipinski definition) is 1. The minimum absolute atomic E-state index is 0.226. The van der Waals surface area contributed by atoms with E-state index in [1.54, 1.807) is 0 Å². The van der Waals surface area contributed by atoms with E-state index < -0.39 is 18.1 Å². The van der Waals surface area contributed by atoms with E-state index in [4.69, 9.17) is 5.11 Å². The molecule has 0 aliphatic heterocycles. The molecule has 0 aromatic heterocycles. The van der Waals surface area contributed by atoms with Crippen molar-refractivity contribution >= 4 is 12.6 Å². The predicted molar refractivity (Wildman–Crippen MR) is 45.5 cm³/mol. The Hall–Kier alpha value is -1.98. The van der Waals surface area contributed by atoms with Crippen molar-refractivity contribution in [1.29, 1.82) is 0 Å². The number of carbonyl (C=O) groups excluding carboxylic acids is 2. The lowest BCUT2D eigenvalue weighted by molar-refractivity contribution is -0.0501. The summed E-state index contributed by atoms with van der Waals surface area (Å²) in [5.74, 6) is -0.909. The van der Waals surface area contributed by atoms with Crippen LogP contribution in [-0.2, 0) is 0 Å². The molecule has 0 bridgehead atoms. The van der Waals surface area contributed by atoms with Gasteiger partial charge in [0.05, 0.1) is 11.1 Å². The van der Waals surface area contributed by atoms with Crippen molar-refractivity contribution in [3.63, 3.8) is 0 Å². The van der Waals surface area contributed by atoms with E-state index in [-0.39, 0.29) is 23.7 Å². The van der Waals surface area contributed by atoms with Crippen LogP contribution in [0.4, 0.5) is 8.78 Å². The lowest BCUT2D eigenvalue weighted by atomic mass is 10.1. The predicted octanol–water partition coefficient (Wildman–Crippen LogP) is 1.62. The highest BCUT2D eigenvalue weighted by Crippen LogP contribution is 2.27. The van der Waals surface area contributed by atoms with E-state index in [0.717, 1.165) is 12.1 Å². The van der Waals surface area contributed by atoms with Gasteiger partial charge < -0.3 is 9.84 Å². The summed E-state index contributed by atoms with van der Waals surface area (Å²) >= 11 is 0. The minimum Gasteiger partial charge on any atom is -0.507 e. The van der Waals surface area contributed by atoms with Gasteiger partial charge in [0.2, 0.25) is 0 Å². The van der Waals surface area contributed by atoms with Crippen LogP contribution in [0.5, 0.6) is 11.5 Å². The molecule has 0 aliphatic rings. The normalized spacial score (nSPS) is 10.1. The first-order valence-corrected chi connectivity index (χ1v) is 3.80. The molecule has 4 nitrogen and oxygen atoms in total. The summed E-state index contributed by atoms with van der Waals surface area (Å²) in [5, 5.41) is 9.15. The number of phenols is 1. The molecular weight excluding hydrogens is 210 g/mol. The highest BCUT2D eigenvalue weighted by Gasteiger charge is 2.13. The standard InChI is InChI=1S/C9H6F2O4/c10-9(11)15-8-2-5(3-12)7(14)1-6(8)4-13/h1-4,9,14H. The molecule has 0 atom stereocenters. The molecular formula is C9H6F2O4. The van der Waals surface area contributed by atoms with Crippen molar-refractivity contribution < 1.29 is 28.2 Å². The molecule has 6 heteroatoms. The smallest absolute Gasteiger partial charge is 0.387 e. The summed E-state index contributed by atoms with van der Waals surface area (Å²) in [6.07, 6.45) is 0.508. The average molecular weight is 216 g/mol. The van der Waals surface area contributed by atoms with Crippen LogP contribution in [-0.4, -0.2) is 24.3 Å². The molecule has 0 aliphatic carbocycles. The van der Waals surface area contributed by atoms with E-state index in [0.29, 0.717) is 0 Å².